The zero-order chi connectivity index (χ0) is 29.2. The molecule has 211 valence electrons. The van der Waals surface area contributed by atoms with E-state index in [1.807, 2.05) is 11.5 Å². The van der Waals surface area contributed by atoms with E-state index in [1.54, 1.807) is 0 Å². The molecule has 6 rings (SSSR count). The van der Waals surface area contributed by atoms with E-state index in [0.29, 0.717) is 0 Å². The van der Waals surface area contributed by atoms with Crippen LogP contribution in [0, 0.1) is 0 Å². The molecule has 6 aromatic carbocycles. The van der Waals surface area contributed by atoms with Gasteiger partial charge in [-0.1, -0.05) is 182 Å². The van der Waals surface area contributed by atoms with Gasteiger partial charge in [0.15, 0.2) is 0 Å². The number of rotatable bonds is 6. The van der Waals surface area contributed by atoms with Crippen molar-refractivity contribution in [1.82, 2.24) is 0 Å². The summed E-state index contributed by atoms with van der Waals surface area (Å²) in [5.41, 5.74) is 0. The van der Waals surface area contributed by atoms with Gasteiger partial charge in [-0.05, 0) is 47.7 Å². The van der Waals surface area contributed by atoms with Gasteiger partial charge in [0.05, 0.1) is 0 Å². The van der Waals surface area contributed by atoms with Gasteiger partial charge in [0.25, 0.3) is 0 Å². The summed E-state index contributed by atoms with van der Waals surface area (Å²) in [5, 5.41) is 8.39. The summed E-state index contributed by atoms with van der Waals surface area (Å²) in [4.78, 5) is 0. The Hall–Kier alpha value is -3.04. The minimum Gasteiger partial charge on any atom is -0.0622 e. The molecule has 42 heavy (non-hydrogen) atoms. The first-order valence-electron chi connectivity index (χ1n) is 13.7. The predicted molar refractivity (Wildman–Crippen MR) is 188 cm³/mol. The van der Waals surface area contributed by atoms with E-state index in [2.05, 4.69) is 182 Å². The topological polar surface area (TPSA) is 0 Å². The van der Waals surface area contributed by atoms with Crippen LogP contribution >= 0.6 is 25.5 Å². The van der Waals surface area contributed by atoms with Crippen LogP contribution in [0.15, 0.2) is 182 Å². The third kappa shape index (κ3) is 9.77. The molecule has 0 nitrogen and oxygen atoms in total. The predicted octanol–water partition coefficient (Wildman–Crippen LogP) is 7.93. The standard InChI is InChI=1S/2C18H15P.C2H4.ClH.Ru/c2*1-4-10-16(11-5-1)19(17-12-6-2-7-13-17)18-14-8-3-9-15-18;1-2;;/h2*1-15H;1H,2H3;1H;/q;;;;+1/p-1. The second-order valence-electron chi connectivity index (χ2n) is 8.97. The Morgan fingerprint density at radius 3 is 0.619 bits per heavy atom. The molecule has 0 radical (unpaired) electrons. The summed E-state index contributed by atoms with van der Waals surface area (Å²) < 4.78 is 1.98. The van der Waals surface area contributed by atoms with Crippen molar-refractivity contribution >= 4 is 62.0 Å². The Balaban J connectivity index is 0.000000171. The number of hydrogen-bond acceptors (Lipinski definition) is 0. The molecule has 0 fully saturated rings. The average molecular weight is 689 g/mol. The van der Waals surface area contributed by atoms with Crippen molar-refractivity contribution in [1.29, 1.82) is 0 Å². The van der Waals surface area contributed by atoms with Crippen molar-refractivity contribution in [2.45, 2.75) is 6.92 Å². The Kier molecular flexibility index (Phi) is 14.0. The van der Waals surface area contributed by atoms with Crippen molar-refractivity contribution in [3.63, 3.8) is 0 Å². The van der Waals surface area contributed by atoms with Gasteiger partial charge in [-0.15, -0.1) is 0 Å². The normalized spacial score (nSPS) is 10.7. The largest absolute Gasteiger partial charge is 0.0622 e. The van der Waals surface area contributed by atoms with E-state index in [9.17, 15) is 0 Å². The molecule has 4 heteroatoms. The molecule has 0 atom stereocenters. The summed E-state index contributed by atoms with van der Waals surface area (Å²) in [5.74, 6) is 0. The molecule has 0 aliphatic heterocycles. The summed E-state index contributed by atoms with van der Waals surface area (Å²) >= 11 is 0.0867. The molecule has 0 bridgehead atoms. The SMILES string of the molecule is C[CH]=[Ru][Cl].c1ccc(P(c2ccccc2)c2ccccc2)cc1.c1ccc(P(c2ccccc2)c2ccccc2)cc1. The van der Waals surface area contributed by atoms with Crippen LogP contribution in [0.1, 0.15) is 6.92 Å². The van der Waals surface area contributed by atoms with Gasteiger partial charge >= 0.3 is 36.9 Å². The van der Waals surface area contributed by atoms with Gasteiger partial charge in [0.1, 0.15) is 0 Å². The van der Waals surface area contributed by atoms with E-state index < -0.39 is 15.8 Å². The van der Waals surface area contributed by atoms with Crippen LogP contribution in [0.5, 0.6) is 0 Å². The van der Waals surface area contributed by atoms with E-state index in [-0.39, 0.29) is 15.7 Å². The van der Waals surface area contributed by atoms with Gasteiger partial charge < -0.3 is 0 Å². The first-order valence-corrected chi connectivity index (χ1v) is 19.6. The van der Waals surface area contributed by atoms with Gasteiger partial charge in [0.2, 0.25) is 0 Å². The third-order valence-electron chi connectivity index (χ3n) is 6.16. The van der Waals surface area contributed by atoms with Crippen LogP contribution in [0.2, 0.25) is 0 Å². The summed E-state index contributed by atoms with van der Waals surface area (Å²) in [6.07, 6.45) is 0. The first-order chi connectivity index (χ1) is 20.8. The summed E-state index contributed by atoms with van der Waals surface area (Å²) in [6, 6.07) is 64.7. The molecular weight excluding hydrogens is 655 g/mol. The van der Waals surface area contributed by atoms with Gasteiger partial charge in [-0.25, -0.2) is 0 Å². The number of halogens is 1. The molecule has 0 spiro atoms. The molecule has 0 heterocycles. The monoisotopic (exact) mass is 689 g/mol. The Labute approximate surface area is 265 Å². The molecule has 0 amide bonds. The maximum atomic E-state index is 5.22. The van der Waals surface area contributed by atoms with Crippen LogP contribution in [-0.4, -0.2) is 4.61 Å². The van der Waals surface area contributed by atoms with Crippen molar-refractivity contribution in [2.75, 3.05) is 0 Å². The maximum Gasteiger partial charge on any atom is -0.0134 e. The molecule has 0 saturated heterocycles. The maximum absolute atomic E-state index is 5.22. The molecule has 0 N–H and O–H groups in total. The average Bonchev–Trinajstić information content (AvgIpc) is 3.08. The van der Waals surface area contributed by atoms with Crippen molar-refractivity contribution in [3.05, 3.63) is 182 Å². The molecule has 0 aromatic heterocycles. The van der Waals surface area contributed by atoms with Crippen molar-refractivity contribution in [3.8, 4) is 0 Å². The zero-order valence-electron chi connectivity index (χ0n) is 23.5. The fourth-order valence-corrected chi connectivity index (χ4v) is 8.97. The molecular formula is C38H34ClP2Ru. The van der Waals surface area contributed by atoms with Crippen molar-refractivity contribution in [2.24, 2.45) is 0 Å². The first kappa shape index (κ1) is 31.9. The minimum absolute atomic E-state index is 0.0867. The van der Waals surface area contributed by atoms with Crippen LogP contribution in [0.3, 0.4) is 0 Å². The van der Waals surface area contributed by atoms with E-state index in [0.717, 1.165) is 0 Å². The quantitative estimate of drug-likeness (QED) is 0.123. The second kappa shape index (κ2) is 18.5. The van der Waals surface area contributed by atoms with Crippen LogP contribution in [0.25, 0.3) is 0 Å². The number of hydrogen-bond donors (Lipinski definition) is 0. The molecule has 0 saturated carbocycles. The third-order valence-corrected chi connectivity index (χ3v) is 12.3. The second-order valence-corrected chi connectivity index (χ2v) is 15.7. The van der Waals surface area contributed by atoms with Crippen LogP contribution in [-0.2, 0) is 15.7 Å². The van der Waals surface area contributed by atoms with E-state index in [1.165, 1.54) is 31.8 Å². The minimum atomic E-state index is -0.446. The zero-order valence-corrected chi connectivity index (χ0v) is 27.8. The van der Waals surface area contributed by atoms with E-state index >= 15 is 0 Å². The van der Waals surface area contributed by atoms with E-state index in [4.69, 9.17) is 9.69 Å². The Bertz CT molecular complexity index is 1260. The smallest absolute Gasteiger partial charge is 0.0134 e. The van der Waals surface area contributed by atoms with Crippen LogP contribution in [0.4, 0.5) is 0 Å². The van der Waals surface area contributed by atoms with Crippen molar-refractivity contribution < 1.29 is 15.7 Å². The fraction of sp³-hybridized carbons (Fsp3) is 0.0263. The Morgan fingerprint density at radius 2 is 0.500 bits per heavy atom. The molecule has 0 aliphatic carbocycles. The summed E-state index contributed by atoms with van der Waals surface area (Å²) in [6.45, 7) is 1.96. The molecule has 6 aromatic rings. The summed E-state index contributed by atoms with van der Waals surface area (Å²) in [7, 11) is 4.33. The van der Waals surface area contributed by atoms with Gasteiger partial charge in [-0.3, -0.25) is 0 Å². The van der Waals surface area contributed by atoms with Gasteiger partial charge in [0, 0.05) is 0 Å². The number of benzene rings is 6. The Morgan fingerprint density at radius 1 is 0.357 bits per heavy atom. The molecule has 0 aliphatic rings. The van der Waals surface area contributed by atoms with Crippen LogP contribution < -0.4 is 31.8 Å². The van der Waals surface area contributed by atoms with Gasteiger partial charge in [-0.2, -0.15) is 0 Å². The molecule has 0 unspecified atom stereocenters. The fourth-order valence-electron chi connectivity index (χ4n) is 4.36.